The van der Waals surface area contributed by atoms with Gasteiger partial charge in [0.05, 0.1) is 36.3 Å². The third-order valence-electron chi connectivity index (χ3n) is 11.2. The van der Waals surface area contributed by atoms with Crippen LogP contribution in [0.25, 0.3) is 22.0 Å². The number of aliphatic hydroxyl groups is 1. The van der Waals surface area contributed by atoms with Gasteiger partial charge in [-0.05, 0) is 74.4 Å². The quantitative estimate of drug-likeness (QED) is 0.0534. The molecule has 58 heavy (non-hydrogen) atoms. The van der Waals surface area contributed by atoms with Crippen molar-refractivity contribution >= 4 is 57.4 Å². The molecule has 1 aliphatic carbocycles. The number of alkyl halides is 2. The van der Waals surface area contributed by atoms with Gasteiger partial charge >= 0.3 is 0 Å². The number of anilines is 1. The number of halogens is 2. The van der Waals surface area contributed by atoms with E-state index in [4.69, 9.17) is 27.4 Å². The Labute approximate surface area is 340 Å². The molecule has 12 nitrogen and oxygen atoms in total. The maximum Gasteiger partial charge on any atom is 0.257 e. The number of aliphatic hydroxyl groups excluding tert-OH is 1. The van der Waals surface area contributed by atoms with Crippen molar-refractivity contribution in [1.29, 1.82) is 0 Å². The maximum absolute atomic E-state index is 14.1. The molecule has 2 fully saturated rings. The fourth-order valence-electron chi connectivity index (χ4n) is 8.11. The highest BCUT2D eigenvalue weighted by molar-refractivity contribution is 7.80. The monoisotopic (exact) mass is 815 g/mol. The van der Waals surface area contributed by atoms with Gasteiger partial charge in [0.25, 0.3) is 5.91 Å². The molecule has 5 N–H and O–H groups in total. The fourth-order valence-corrected chi connectivity index (χ4v) is 8.23. The first-order chi connectivity index (χ1) is 27.9. The lowest BCUT2D eigenvalue weighted by Gasteiger charge is -2.32. The van der Waals surface area contributed by atoms with Gasteiger partial charge in [0.15, 0.2) is 6.23 Å². The van der Waals surface area contributed by atoms with E-state index >= 15 is 0 Å². The van der Waals surface area contributed by atoms with Crippen molar-refractivity contribution in [1.82, 2.24) is 14.8 Å². The highest BCUT2D eigenvalue weighted by atomic mass is 32.1. The zero-order chi connectivity index (χ0) is 41.0. The molecular weight excluding hydrogens is 769 g/mol. The summed E-state index contributed by atoms with van der Waals surface area (Å²) >= 11 is 5.20. The van der Waals surface area contributed by atoms with Crippen LogP contribution in [-0.2, 0) is 19.1 Å². The molecule has 3 heterocycles. The minimum atomic E-state index is -2.66. The van der Waals surface area contributed by atoms with E-state index in [1.165, 1.54) is 0 Å². The number of imide groups is 1. The lowest BCUT2D eigenvalue weighted by atomic mass is 9.92. The highest BCUT2D eigenvalue weighted by Gasteiger charge is 2.45. The highest BCUT2D eigenvalue weighted by Crippen LogP contribution is 2.43. The van der Waals surface area contributed by atoms with Crippen molar-refractivity contribution in [2.75, 3.05) is 25.1 Å². The van der Waals surface area contributed by atoms with Crippen molar-refractivity contribution < 1.29 is 42.5 Å². The van der Waals surface area contributed by atoms with Gasteiger partial charge in [-0.15, -0.1) is 0 Å². The van der Waals surface area contributed by atoms with Crippen molar-refractivity contribution in [3.8, 4) is 16.9 Å². The van der Waals surface area contributed by atoms with Gasteiger partial charge in [-0.25, -0.2) is 8.78 Å². The Morgan fingerprint density at radius 1 is 0.948 bits per heavy atom. The number of nitrogens with one attached hydrogen (secondary N) is 2. The van der Waals surface area contributed by atoms with Crippen LogP contribution in [-0.4, -0.2) is 75.0 Å². The van der Waals surface area contributed by atoms with Crippen LogP contribution in [0, 0.1) is 0 Å². The first kappa shape index (κ1) is 40.9. The minimum absolute atomic E-state index is 0.0865. The summed E-state index contributed by atoms with van der Waals surface area (Å²) in [6.45, 7) is 1.11. The molecule has 1 saturated heterocycles. The third-order valence-corrected chi connectivity index (χ3v) is 11.4. The smallest absolute Gasteiger partial charge is 0.257 e. The Morgan fingerprint density at radius 3 is 2.47 bits per heavy atom. The minimum Gasteiger partial charge on any atom is -0.493 e. The van der Waals surface area contributed by atoms with Crippen molar-refractivity contribution in [2.24, 2.45) is 5.73 Å². The van der Waals surface area contributed by atoms with E-state index in [1.54, 1.807) is 18.2 Å². The molecule has 2 atom stereocenters. The van der Waals surface area contributed by atoms with Gasteiger partial charge in [0, 0.05) is 60.3 Å². The number of nitrogens with zero attached hydrogens (tertiary/aromatic N) is 2. The Morgan fingerprint density at radius 2 is 1.71 bits per heavy atom. The zero-order valence-corrected chi connectivity index (χ0v) is 32.8. The molecule has 306 valence electrons. The number of carbonyl (C=O) groups is 4. The van der Waals surface area contributed by atoms with E-state index in [0.29, 0.717) is 43.1 Å². The number of amides is 4. The largest absolute Gasteiger partial charge is 0.493 e. The number of nitrogens with two attached hydrogens (primary N) is 1. The normalized spacial score (nSPS) is 19.3. The fraction of sp³-hybridized carbons (Fsp3) is 0.419. The molecule has 0 spiro atoms. The average molecular weight is 816 g/mol. The van der Waals surface area contributed by atoms with Crippen molar-refractivity contribution in [2.45, 2.75) is 94.9 Å². The Bertz CT molecular complexity index is 2220. The second-order valence-corrected chi connectivity index (χ2v) is 15.6. The number of unbranched alkanes of at least 4 members (excludes halogenated alkanes) is 3. The van der Waals surface area contributed by atoms with Crippen LogP contribution in [0.2, 0.25) is 0 Å². The Kier molecular flexibility index (Phi) is 12.5. The van der Waals surface area contributed by atoms with Crippen LogP contribution in [0.1, 0.15) is 104 Å². The van der Waals surface area contributed by atoms with Gasteiger partial charge in [-0.3, -0.25) is 29.4 Å². The lowest BCUT2D eigenvalue weighted by Crippen LogP contribution is -2.53. The van der Waals surface area contributed by atoms with Crippen molar-refractivity contribution in [3.05, 3.63) is 83.6 Å². The van der Waals surface area contributed by atoms with Gasteiger partial charge in [0.2, 0.25) is 23.6 Å². The summed E-state index contributed by atoms with van der Waals surface area (Å²) < 4.78 is 41.9. The van der Waals surface area contributed by atoms with Crippen LogP contribution >= 0.6 is 12.2 Å². The number of rotatable bonds is 16. The first-order valence-corrected chi connectivity index (χ1v) is 20.2. The summed E-state index contributed by atoms with van der Waals surface area (Å²) in [5, 5.41) is 17.2. The summed E-state index contributed by atoms with van der Waals surface area (Å²) in [4.78, 5) is 51.4. The molecule has 2 aliphatic heterocycles. The maximum atomic E-state index is 14.1. The molecule has 2 unspecified atom stereocenters. The molecule has 3 aliphatic rings. The van der Waals surface area contributed by atoms with Crippen LogP contribution in [0.15, 0.2) is 66.9 Å². The molecule has 4 amide bonds. The molecule has 3 aromatic carbocycles. The molecule has 0 bridgehead atoms. The number of piperidine rings is 1. The molecule has 0 radical (unpaired) electrons. The van der Waals surface area contributed by atoms with Crippen LogP contribution < -0.4 is 21.1 Å². The summed E-state index contributed by atoms with van der Waals surface area (Å²) in [5.74, 6) is -3.96. The van der Waals surface area contributed by atoms with Gasteiger partial charge < -0.3 is 30.2 Å². The van der Waals surface area contributed by atoms with E-state index in [9.17, 15) is 33.1 Å². The standard InChI is InChI=1S/C43H47F2N5O7S/c44-43(45)18-15-29(16-19-43)49-25-32(26-7-5-8-27(23-26)39(46)58)30-12-11-28(24-34(30)49)47-37(52)17-22-56-20-3-1-2-4-21-57-35-10-6-9-31-38(35)42(55)50(41(31)54)33-13-14-36(51)48-40(33)53/h5-12,23-25,29,33,42,55H,1-4,13-22H2,(H2,46,58)(H,47,52)(H,48,51,53). The second-order valence-electron chi connectivity index (χ2n) is 15.2. The van der Waals surface area contributed by atoms with Crippen LogP contribution in [0.5, 0.6) is 5.75 Å². The zero-order valence-electron chi connectivity index (χ0n) is 32.0. The molecule has 1 saturated carbocycles. The Hall–Kier alpha value is -5.25. The SMILES string of the molecule is NC(=S)c1cccc(-c2cn(C3CCC(F)(F)CC3)c3cc(NC(=O)CCOCCCCCCOc4cccc5c4C(O)N(C4CCC(=O)NC4=O)C5=O)ccc23)c1. The summed E-state index contributed by atoms with van der Waals surface area (Å²) in [7, 11) is 0. The molecule has 1 aromatic heterocycles. The topological polar surface area (TPSA) is 165 Å². The van der Waals surface area contributed by atoms with Gasteiger partial charge in [-0.1, -0.05) is 49.0 Å². The number of hydrogen-bond acceptors (Lipinski definition) is 8. The number of carbonyl (C=O) groups excluding carboxylic acids is 4. The van der Waals surface area contributed by atoms with E-state index in [-0.39, 0.29) is 61.2 Å². The third kappa shape index (κ3) is 9.06. The summed E-state index contributed by atoms with van der Waals surface area (Å²) in [5.41, 5.74) is 10.5. The summed E-state index contributed by atoms with van der Waals surface area (Å²) in [6.07, 6.45) is 4.64. The number of ether oxygens (including phenoxy) is 2. The van der Waals surface area contributed by atoms with Crippen LogP contribution in [0.4, 0.5) is 14.5 Å². The summed E-state index contributed by atoms with van der Waals surface area (Å²) in [6, 6.07) is 17.2. The molecule has 15 heteroatoms. The van der Waals surface area contributed by atoms with Crippen molar-refractivity contribution in [3.63, 3.8) is 0 Å². The number of aromatic nitrogens is 1. The van der Waals surface area contributed by atoms with E-state index in [2.05, 4.69) is 15.2 Å². The number of thiocarbonyl (C=S) groups is 1. The van der Waals surface area contributed by atoms with E-state index in [1.807, 2.05) is 48.7 Å². The molecular formula is C43H47F2N5O7S. The first-order valence-electron chi connectivity index (χ1n) is 19.8. The predicted molar refractivity (Wildman–Crippen MR) is 217 cm³/mol. The lowest BCUT2D eigenvalue weighted by molar-refractivity contribution is -0.139. The number of hydrogen-bond donors (Lipinski definition) is 4. The number of benzene rings is 3. The van der Waals surface area contributed by atoms with Crippen LogP contribution in [0.3, 0.4) is 0 Å². The number of fused-ring (bicyclic) bond motifs is 2. The van der Waals surface area contributed by atoms with E-state index < -0.39 is 35.9 Å². The average Bonchev–Trinajstić information content (AvgIpc) is 3.69. The molecule has 7 rings (SSSR count). The van der Waals surface area contributed by atoms with Gasteiger partial charge in [-0.2, -0.15) is 0 Å². The predicted octanol–water partition coefficient (Wildman–Crippen LogP) is 6.93. The molecule has 4 aromatic rings. The second kappa shape index (κ2) is 17.7. The van der Waals surface area contributed by atoms with E-state index in [0.717, 1.165) is 58.2 Å². The Balaban J connectivity index is 0.851. The van der Waals surface area contributed by atoms with Gasteiger partial charge in [0.1, 0.15) is 16.8 Å².